The van der Waals surface area contributed by atoms with E-state index in [4.69, 9.17) is 4.52 Å². The minimum absolute atomic E-state index is 0.114. The second-order valence-corrected chi connectivity index (χ2v) is 5.34. The van der Waals surface area contributed by atoms with Gasteiger partial charge in [-0.15, -0.1) is 11.8 Å². The maximum atomic E-state index is 11.5. The molecule has 1 aromatic rings. The highest BCUT2D eigenvalue weighted by Crippen LogP contribution is 2.19. The second-order valence-electron chi connectivity index (χ2n) is 4.35. The Hall–Kier alpha value is -0.970. The number of nitrogens with one attached hydrogen (secondary N) is 1. The number of nitrogens with zero attached hydrogens (tertiary/aromatic N) is 1. The number of carbonyl (C=O) groups excluding carboxylic acids is 1. The molecule has 0 atom stereocenters. The second kappa shape index (κ2) is 8.19. The molecule has 0 bridgehead atoms. The molecule has 0 aliphatic carbocycles. The van der Waals surface area contributed by atoms with Crippen LogP contribution in [-0.2, 0) is 10.5 Å². The van der Waals surface area contributed by atoms with Crippen molar-refractivity contribution >= 4 is 17.7 Å². The van der Waals surface area contributed by atoms with Crippen molar-refractivity contribution in [3.63, 3.8) is 0 Å². The Labute approximate surface area is 113 Å². The van der Waals surface area contributed by atoms with Crippen LogP contribution < -0.4 is 5.32 Å². The van der Waals surface area contributed by atoms with E-state index in [1.807, 2.05) is 13.8 Å². The maximum absolute atomic E-state index is 11.5. The minimum atomic E-state index is 0.114. The fraction of sp³-hybridized carbons (Fsp3) is 0.692. The van der Waals surface area contributed by atoms with Gasteiger partial charge in [0.25, 0.3) is 0 Å². The minimum Gasteiger partial charge on any atom is -0.361 e. The Morgan fingerprint density at radius 1 is 1.39 bits per heavy atom. The number of rotatable bonds is 8. The first kappa shape index (κ1) is 15.1. The SMILES string of the molecule is CCCCCNC(=O)CSCc1c(C)noc1C. The van der Waals surface area contributed by atoms with Crippen LogP contribution in [-0.4, -0.2) is 23.4 Å². The molecule has 0 unspecified atom stereocenters. The zero-order valence-electron chi connectivity index (χ0n) is 11.4. The third-order valence-corrected chi connectivity index (χ3v) is 3.72. The number of hydrogen-bond donors (Lipinski definition) is 1. The molecule has 0 aliphatic rings. The van der Waals surface area contributed by atoms with Gasteiger partial charge < -0.3 is 9.84 Å². The smallest absolute Gasteiger partial charge is 0.230 e. The van der Waals surface area contributed by atoms with Gasteiger partial charge in [0.05, 0.1) is 11.4 Å². The Morgan fingerprint density at radius 3 is 2.78 bits per heavy atom. The molecule has 0 saturated carbocycles. The summed E-state index contributed by atoms with van der Waals surface area (Å²) in [6, 6.07) is 0. The van der Waals surface area contributed by atoms with E-state index in [1.54, 1.807) is 11.8 Å². The van der Waals surface area contributed by atoms with Gasteiger partial charge in [-0.2, -0.15) is 0 Å². The van der Waals surface area contributed by atoms with E-state index in [1.165, 1.54) is 12.8 Å². The standard InChI is InChI=1S/C13H22N2O2S/c1-4-5-6-7-14-13(16)9-18-8-12-10(2)15-17-11(12)3/h4-9H2,1-3H3,(H,14,16). The number of unbranched alkanes of at least 4 members (excludes halogenated alkanes) is 2. The van der Waals surface area contributed by atoms with Crippen molar-refractivity contribution in [2.45, 2.75) is 45.8 Å². The predicted molar refractivity (Wildman–Crippen MR) is 74.7 cm³/mol. The van der Waals surface area contributed by atoms with E-state index >= 15 is 0 Å². The highest BCUT2D eigenvalue weighted by molar-refractivity contribution is 7.99. The average molecular weight is 270 g/mol. The van der Waals surface area contributed by atoms with Gasteiger partial charge in [0.15, 0.2) is 0 Å². The van der Waals surface area contributed by atoms with Gasteiger partial charge in [-0.1, -0.05) is 24.9 Å². The normalized spacial score (nSPS) is 10.6. The van der Waals surface area contributed by atoms with Crippen LogP contribution >= 0.6 is 11.8 Å². The van der Waals surface area contributed by atoms with Crippen LogP contribution in [0.3, 0.4) is 0 Å². The van der Waals surface area contributed by atoms with Crippen molar-refractivity contribution in [1.29, 1.82) is 0 Å². The molecule has 1 amide bonds. The summed E-state index contributed by atoms with van der Waals surface area (Å²) in [5, 5.41) is 6.82. The van der Waals surface area contributed by atoms with Crippen LogP contribution in [0.2, 0.25) is 0 Å². The fourth-order valence-corrected chi connectivity index (χ4v) is 2.61. The van der Waals surface area contributed by atoms with Crippen LogP contribution in [0.25, 0.3) is 0 Å². The Balaban J connectivity index is 2.16. The number of thioether (sulfide) groups is 1. The first-order valence-electron chi connectivity index (χ1n) is 6.41. The number of carbonyl (C=O) groups is 1. The first-order chi connectivity index (χ1) is 8.65. The van der Waals surface area contributed by atoms with E-state index in [9.17, 15) is 4.79 Å². The summed E-state index contributed by atoms with van der Waals surface area (Å²) < 4.78 is 5.08. The summed E-state index contributed by atoms with van der Waals surface area (Å²) in [6.07, 6.45) is 3.42. The van der Waals surface area contributed by atoms with Crippen molar-refractivity contribution in [1.82, 2.24) is 10.5 Å². The molecule has 0 aromatic carbocycles. The van der Waals surface area contributed by atoms with Gasteiger partial charge in [-0.05, 0) is 20.3 Å². The summed E-state index contributed by atoms with van der Waals surface area (Å²) in [5.41, 5.74) is 2.03. The molecule has 0 aliphatic heterocycles. The van der Waals surface area contributed by atoms with E-state index in [0.717, 1.165) is 35.7 Å². The summed E-state index contributed by atoms with van der Waals surface area (Å²) >= 11 is 1.60. The number of amides is 1. The van der Waals surface area contributed by atoms with E-state index < -0.39 is 0 Å². The average Bonchev–Trinajstić information content (AvgIpc) is 2.66. The molecule has 18 heavy (non-hydrogen) atoms. The lowest BCUT2D eigenvalue weighted by molar-refractivity contribution is -0.118. The molecular formula is C13H22N2O2S. The van der Waals surface area contributed by atoms with E-state index in [2.05, 4.69) is 17.4 Å². The summed E-state index contributed by atoms with van der Waals surface area (Å²) in [5.74, 6) is 2.24. The van der Waals surface area contributed by atoms with Crippen LogP contribution in [0, 0.1) is 13.8 Å². The predicted octanol–water partition coefficient (Wildman–Crippen LogP) is 2.83. The van der Waals surface area contributed by atoms with E-state index in [-0.39, 0.29) is 5.91 Å². The molecule has 0 spiro atoms. The zero-order valence-corrected chi connectivity index (χ0v) is 12.2. The molecule has 0 radical (unpaired) electrons. The van der Waals surface area contributed by atoms with Gasteiger partial charge in [0, 0.05) is 17.9 Å². The van der Waals surface area contributed by atoms with Crippen LogP contribution in [0.15, 0.2) is 4.52 Å². The quantitative estimate of drug-likeness (QED) is 0.738. The monoisotopic (exact) mass is 270 g/mol. The van der Waals surface area contributed by atoms with Gasteiger partial charge in [-0.3, -0.25) is 4.79 Å². The third-order valence-electron chi connectivity index (χ3n) is 2.76. The van der Waals surface area contributed by atoms with Crippen LogP contribution in [0.4, 0.5) is 0 Å². The topological polar surface area (TPSA) is 55.1 Å². The Kier molecular flexibility index (Phi) is 6.86. The highest BCUT2D eigenvalue weighted by atomic mass is 32.2. The lowest BCUT2D eigenvalue weighted by Gasteiger charge is -2.04. The summed E-state index contributed by atoms with van der Waals surface area (Å²) in [7, 11) is 0. The molecule has 5 heteroatoms. The molecular weight excluding hydrogens is 248 g/mol. The fourth-order valence-electron chi connectivity index (χ4n) is 1.61. The van der Waals surface area contributed by atoms with E-state index in [0.29, 0.717) is 5.75 Å². The van der Waals surface area contributed by atoms with Gasteiger partial charge in [0.1, 0.15) is 5.76 Å². The Morgan fingerprint density at radius 2 is 2.17 bits per heavy atom. The largest absolute Gasteiger partial charge is 0.361 e. The number of aromatic nitrogens is 1. The lowest BCUT2D eigenvalue weighted by atomic mass is 10.2. The van der Waals surface area contributed by atoms with Gasteiger partial charge >= 0.3 is 0 Å². The molecule has 102 valence electrons. The molecule has 0 saturated heterocycles. The van der Waals surface area contributed by atoms with Gasteiger partial charge in [-0.25, -0.2) is 0 Å². The molecule has 1 rings (SSSR count). The van der Waals surface area contributed by atoms with Crippen LogP contribution in [0.1, 0.15) is 43.2 Å². The summed E-state index contributed by atoms with van der Waals surface area (Å²) in [4.78, 5) is 11.5. The molecule has 1 aromatic heterocycles. The number of aryl methyl sites for hydroxylation is 2. The van der Waals surface area contributed by atoms with Crippen molar-refractivity contribution in [3.05, 3.63) is 17.0 Å². The third kappa shape index (κ3) is 5.12. The highest BCUT2D eigenvalue weighted by Gasteiger charge is 2.09. The van der Waals surface area contributed by atoms with Gasteiger partial charge in [0.2, 0.25) is 5.91 Å². The molecule has 1 heterocycles. The number of hydrogen-bond acceptors (Lipinski definition) is 4. The molecule has 1 N–H and O–H groups in total. The maximum Gasteiger partial charge on any atom is 0.230 e. The van der Waals surface area contributed by atoms with Crippen molar-refractivity contribution < 1.29 is 9.32 Å². The van der Waals surface area contributed by atoms with Crippen LogP contribution in [0.5, 0.6) is 0 Å². The zero-order chi connectivity index (χ0) is 13.4. The first-order valence-corrected chi connectivity index (χ1v) is 7.56. The van der Waals surface area contributed by atoms with Crippen molar-refractivity contribution in [2.24, 2.45) is 0 Å². The Bertz CT molecular complexity index is 358. The summed E-state index contributed by atoms with van der Waals surface area (Å²) in [6.45, 7) is 6.78. The van der Waals surface area contributed by atoms with Crippen molar-refractivity contribution in [3.8, 4) is 0 Å². The lowest BCUT2D eigenvalue weighted by Crippen LogP contribution is -2.26. The van der Waals surface area contributed by atoms with Crippen molar-refractivity contribution in [2.75, 3.05) is 12.3 Å². The molecule has 0 fully saturated rings. The molecule has 4 nitrogen and oxygen atoms in total.